The number of hydrogen-bond donors (Lipinski definition) is 0. The molecule has 0 saturated carbocycles. The molecule has 0 bridgehead atoms. The fourth-order valence-electron chi connectivity index (χ4n) is 4.22. The second-order valence-electron chi connectivity index (χ2n) is 7.50. The van der Waals surface area contributed by atoms with Crippen molar-refractivity contribution in [2.75, 3.05) is 0 Å². The van der Waals surface area contributed by atoms with Crippen LogP contribution in [0.3, 0.4) is 0 Å². The van der Waals surface area contributed by atoms with Crippen LogP contribution in [0.2, 0.25) is 0 Å². The molecule has 0 aromatic heterocycles. The molecule has 0 unspecified atom stereocenters. The third-order valence-electron chi connectivity index (χ3n) is 5.69. The highest BCUT2D eigenvalue weighted by molar-refractivity contribution is 5.73. The Hall–Kier alpha value is -1.09. The van der Waals surface area contributed by atoms with Crippen LogP contribution in [0.25, 0.3) is 0 Å². The smallest absolute Gasteiger partial charge is 0.309 e. The molecule has 2 rings (SSSR count). The Kier molecular flexibility index (Phi) is 6.30. The summed E-state index contributed by atoms with van der Waals surface area (Å²) in [6.45, 7) is 10.9. The molecule has 3 nitrogen and oxygen atoms in total. The van der Waals surface area contributed by atoms with Gasteiger partial charge >= 0.3 is 5.97 Å². The monoisotopic (exact) mass is 334 g/mol. The van der Waals surface area contributed by atoms with Gasteiger partial charge in [0.1, 0.15) is 11.7 Å². The fraction of sp³-hybridized carbons (Fsp3) is 0.762. The summed E-state index contributed by atoms with van der Waals surface area (Å²) < 4.78 is 12.1. The SMILES string of the molecule is CC/C=C/[C@H](CC)C/C(C)=C/[C@@]1(CC)C[C@]2(CC)OC(=O)C[C@@H]2O1. The van der Waals surface area contributed by atoms with Crippen LogP contribution >= 0.6 is 0 Å². The van der Waals surface area contributed by atoms with E-state index in [2.05, 4.69) is 52.8 Å². The number of carbonyl (C=O) groups is 1. The van der Waals surface area contributed by atoms with Gasteiger partial charge in [-0.05, 0) is 44.9 Å². The van der Waals surface area contributed by atoms with Crippen molar-refractivity contribution in [1.29, 1.82) is 0 Å². The van der Waals surface area contributed by atoms with Gasteiger partial charge in [0.25, 0.3) is 0 Å². The topological polar surface area (TPSA) is 35.5 Å². The van der Waals surface area contributed by atoms with Gasteiger partial charge in [0.2, 0.25) is 0 Å². The van der Waals surface area contributed by atoms with Crippen molar-refractivity contribution in [3.63, 3.8) is 0 Å². The lowest BCUT2D eigenvalue weighted by molar-refractivity contribution is -0.149. The second kappa shape index (κ2) is 7.86. The summed E-state index contributed by atoms with van der Waals surface area (Å²) in [7, 11) is 0. The number of carbonyl (C=O) groups excluding carboxylic acids is 1. The van der Waals surface area contributed by atoms with E-state index in [9.17, 15) is 4.79 Å². The number of fused-ring (bicyclic) bond motifs is 1. The zero-order valence-electron chi connectivity index (χ0n) is 16.1. The van der Waals surface area contributed by atoms with Gasteiger partial charge in [-0.25, -0.2) is 0 Å². The maximum Gasteiger partial charge on any atom is 0.309 e. The van der Waals surface area contributed by atoms with E-state index in [0.29, 0.717) is 12.3 Å². The zero-order valence-corrected chi connectivity index (χ0v) is 16.1. The average Bonchev–Trinajstić information content (AvgIpc) is 3.01. The normalized spacial score (nSPS) is 34.6. The summed E-state index contributed by atoms with van der Waals surface area (Å²) in [6.07, 6.45) is 13.1. The van der Waals surface area contributed by atoms with Gasteiger partial charge in [0.15, 0.2) is 0 Å². The van der Waals surface area contributed by atoms with Gasteiger partial charge in [-0.15, -0.1) is 0 Å². The van der Waals surface area contributed by atoms with Crippen molar-refractivity contribution in [3.8, 4) is 0 Å². The molecule has 2 aliphatic rings. The highest BCUT2D eigenvalue weighted by atomic mass is 16.6. The summed E-state index contributed by atoms with van der Waals surface area (Å²) in [5.74, 6) is 0.483. The first-order valence-corrected chi connectivity index (χ1v) is 9.67. The van der Waals surface area contributed by atoms with Crippen LogP contribution in [-0.4, -0.2) is 23.3 Å². The molecule has 2 fully saturated rings. The van der Waals surface area contributed by atoms with Crippen molar-refractivity contribution in [3.05, 3.63) is 23.8 Å². The molecule has 0 aliphatic carbocycles. The van der Waals surface area contributed by atoms with Crippen LogP contribution in [0.4, 0.5) is 0 Å². The van der Waals surface area contributed by atoms with Crippen molar-refractivity contribution in [1.82, 2.24) is 0 Å². The predicted octanol–water partition coefficient (Wildman–Crippen LogP) is 5.35. The van der Waals surface area contributed by atoms with Crippen LogP contribution < -0.4 is 0 Å². The number of rotatable bonds is 8. The molecular formula is C21H34O3. The largest absolute Gasteiger partial charge is 0.456 e. The predicted molar refractivity (Wildman–Crippen MR) is 97.8 cm³/mol. The Labute approximate surface area is 147 Å². The van der Waals surface area contributed by atoms with Crippen LogP contribution in [-0.2, 0) is 14.3 Å². The minimum Gasteiger partial charge on any atom is -0.456 e. The van der Waals surface area contributed by atoms with E-state index >= 15 is 0 Å². The number of allylic oxidation sites excluding steroid dienone is 3. The van der Waals surface area contributed by atoms with Crippen molar-refractivity contribution >= 4 is 5.97 Å². The molecule has 4 atom stereocenters. The first-order chi connectivity index (χ1) is 11.4. The van der Waals surface area contributed by atoms with E-state index < -0.39 is 5.60 Å². The van der Waals surface area contributed by atoms with Gasteiger partial charge in [-0.2, -0.15) is 0 Å². The van der Waals surface area contributed by atoms with E-state index in [1.165, 1.54) is 5.57 Å². The molecule has 0 amide bonds. The molecule has 0 N–H and O–H groups in total. The van der Waals surface area contributed by atoms with Crippen molar-refractivity contribution in [2.45, 2.75) is 96.9 Å². The van der Waals surface area contributed by atoms with E-state index in [-0.39, 0.29) is 17.7 Å². The minimum atomic E-state index is -0.407. The van der Waals surface area contributed by atoms with E-state index in [0.717, 1.165) is 38.5 Å². The van der Waals surface area contributed by atoms with E-state index in [1.807, 2.05) is 0 Å². The average molecular weight is 335 g/mol. The second-order valence-corrected chi connectivity index (χ2v) is 7.50. The number of esters is 1. The maximum absolute atomic E-state index is 11.7. The third kappa shape index (κ3) is 3.93. The van der Waals surface area contributed by atoms with Crippen molar-refractivity contribution in [2.24, 2.45) is 5.92 Å². The lowest BCUT2D eigenvalue weighted by Crippen LogP contribution is -2.35. The molecule has 0 aromatic rings. The maximum atomic E-state index is 11.7. The molecule has 3 heteroatoms. The lowest BCUT2D eigenvalue weighted by Gasteiger charge is -2.28. The Morgan fingerprint density at radius 2 is 2.04 bits per heavy atom. The van der Waals surface area contributed by atoms with Gasteiger partial charge in [0, 0.05) is 6.42 Å². The van der Waals surface area contributed by atoms with Crippen LogP contribution in [0, 0.1) is 5.92 Å². The van der Waals surface area contributed by atoms with Crippen molar-refractivity contribution < 1.29 is 14.3 Å². The standard InChI is InChI=1S/C21H34O3/c1-6-10-11-17(7-2)12-16(5)14-20(8-3)15-21(9-4)18(23-20)13-19(22)24-21/h10-11,14,17-18H,6-9,12-13,15H2,1-5H3/b11-10+,16-14+/t17-,18-,20-,21-/m0/s1. The summed E-state index contributed by atoms with van der Waals surface area (Å²) in [6, 6.07) is 0. The number of ether oxygens (including phenoxy) is 2. The summed E-state index contributed by atoms with van der Waals surface area (Å²) in [5.41, 5.74) is 0.691. The van der Waals surface area contributed by atoms with Gasteiger partial charge in [-0.1, -0.05) is 51.5 Å². The molecule has 0 radical (unpaired) electrons. The third-order valence-corrected chi connectivity index (χ3v) is 5.69. The Morgan fingerprint density at radius 3 is 2.58 bits per heavy atom. The highest BCUT2D eigenvalue weighted by Gasteiger charge is 2.60. The molecule has 0 spiro atoms. The van der Waals surface area contributed by atoms with Gasteiger partial charge in [0.05, 0.1) is 12.0 Å². The highest BCUT2D eigenvalue weighted by Crippen LogP contribution is 2.50. The van der Waals surface area contributed by atoms with E-state index in [1.54, 1.807) is 0 Å². The molecule has 0 aromatic carbocycles. The fourth-order valence-corrected chi connectivity index (χ4v) is 4.22. The summed E-state index contributed by atoms with van der Waals surface area (Å²) in [5, 5.41) is 0. The first-order valence-electron chi connectivity index (χ1n) is 9.67. The Bertz CT molecular complexity index is 507. The summed E-state index contributed by atoms with van der Waals surface area (Å²) >= 11 is 0. The Balaban J connectivity index is 2.14. The molecule has 136 valence electrons. The van der Waals surface area contributed by atoms with Gasteiger partial charge in [-0.3, -0.25) is 4.79 Å². The molecule has 2 saturated heterocycles. The van der Waals surface area contributed by atoms with E-state index in [4.69, 9.17) is 9.47 Å². The van der Waals surface area contributed by atoms with Gasteiger partial charge < -0.3 is 9.47 Å². The Morgan fingerprint density at radius 1 is 1.29 bits per heavy atom. The minimum absolute atomic E-state index is 0.0824. The number of hydrogen-bond acceptors (Lipinski definition) is 3. The lowest BCUT2D eigenvalue weighted by atomic mass is 9.83. The quantitative estimate of drug-likeness (QED) is 0.443. The van der Waals surface area contributed by atoms with Crippen LogP contribution in [0.1, 0.15) is 79.6 Å². The van der Waals surface area contributed by atoms with Crippen LogP contribution in [0.15, 0.2) is 23.8 Å². The van der Waals surface area contributed by atoms with Crippen LogP contribution in [0.5, 0.6) is 0 Å². The zero-order chi connectivity index (χ0) is 17.8. The molecule has 2 aliphatic heterocycles. The summed E-state index contributed by atoms with van der Waals surface area (Å²) in [4.78, 5) is 11.7. The molecule has 24 heavy (non-hydrogen) atoms. The molecule has 2 heterocycles. The molecular weight excluding hydrogens is 300 g/mol. The first kappa shape index (κ1) is 19.2.